The van der Waals surface area contributed by atoms with Gasteiger partial charge < -0.3 is 24.6 Å². The molecule has 0 radical (unpaired) electrons. The summed E-state index contributed by atoms with van der Waals surface area (Å²) in [6.45, 7) is 8.08. The van der Waals surface area contributed by atoms with E-state index in [1.807, 2.05) is 11.9 Å². The van der Waals surface area contributed by atoms with Crippen molar-refractivity contribution in [1.29, 1.82) is 0 Å². The maximum Gasteiger partial charge on any atom is 0.573 e. The van der Waals surface area contributed by atoms with Gasteiger partial charge in [0.15, 0.2) is 11.6 Å². The first-order valence-electron chi connectivity index (χ1n) is 14.0. The first kappa shape index (κ1) is 30.1. The van der Waals surface area contributed by atoms with Gasteiger partial charge in [-0.1, -0.05) is 0 Å². The highest BCUT2D eigenvalue weighted by atomic mass is 32.1. The lowest BCUT2D eigenvalue weighted by molar-refractivity contribution is -0.274. The first-order valence-corrected chi connectivity index (χ1v) is 14.8. The Morgan fingerprint density at radius 1 is 1.09 bits per heavy atom. The van der Waals surface area contributed by atoms with Gasteiger partial charge >= 0.3 is 12.5 Å². The Morgan fingerprint density at radius 2 is 1.80 bits per heavy atom. The minimum Gasteiger partial charge on any atom is -0.443 e. The molecule has 1 saturated carbocycles. The standard InChI is InChI=1S/C29H30F4N6O4S/c1-27(2,3)43-26(41)39-24(40)17-14-21(44-23(17)28(39)7-8-28)22-18(30)15-34-25(36-22)35-19-13-16(38-11-9-37(4)10-12-38)5-6-20(19)42-29(31,32)33/h5-6,13-15H,7-12H2,1-4H3,(H,34,35,36). The third-order valence-electron chi connectivity index (χ3n) is 7.60. The summed E-state index contributed by atoms with van der Waals surface area (Å²) in [5.41, 5.74) is -0.878. The summed E-state index contributed by atoms with van der Waals surface area (Å²) >= 11 is 1.14. The van der Waals surface area contributed by atoms with Crippen molar-refractivity contribution in [2.75, 3.05) is 43.4 Å². The molecule has 1 aliphatic carbocycles. The first-order chi connectivity index (χ1) is 20.6. The topological polar surface area (TPSA) is 100 Å². The Kier molecular flexibility index (Phi) is 7.23. The fourth-order valence-corrected chi connectivity index (χ4v) is 6.75. The fraction of sp³-hybridized carbons (Fsp3) is 0.448. The van der Waals surface area contributed by atoms with Gasteiger partial charge in [-0.25, -0.2) is 24.1 Å². The van der Waals surface area contributed by atoms with E-state index < -0.39 is 41.1 Å². The van der Waals surface area contributed by atoms with Gasteiger partial charge in [0.1, 0.15) is 11.3 Å². The van der Waals surface area contributed by atoms with Crippen molar-refractivity contribution in [3.63, 3.8) is 0 Å². The smallest absolute Gasteiger partial charge is 0.443 e. The molecule has 0 atom stereocenters. The Hall–Kier alpha value is -3.98. The summed E-state index contributed by atoms with van der Waals surface area (Å²) in [7, 11) is 1.99. The summed E-state index contributed by atoms with van der Waals surface area (Å²) in [5.74, 6) is -1.98. The van der Waals surface area contributed by atoms with Crippen LogP contribution in [-0.4, -0.2) is 77.0 Å². The van der Waals surface area contributed by atoms with Crippen LogP contribution in [0.5, 0.6) is 5.75 Å². The number of rotatable bonds is 5. The number of ether oxygens (including phenoxy) is 2. The molecule has 10 nitrogen and oxygen atoms in total. The number of halogens is 4. The summed E-state index contributed by atoms with van der Waals surface area (Å²) < 4.78 is 64.5. The lowest BCUT2D eigenvalue weighted by Crippen LogP contribution is -2.44. The number of fused-ring (bicyclic) bond motifs is 2. The van der Waals surface area contributed by atoms with Crippen molar-refractivity contribution < 1.29 is 36.6 Å². The van der Waals surface area contributed by atoms with E-state index in [1.165, 1.54) is 18.2 Å². The molecule has 15 heteroatoms. The summed E-state index contributed by atoms with van der Waals surface area (Å²) in [5, 5.41) is 2.77. The number of amides is 2. The molecule has 2 aliphatic heterocycles. The van der Waals surface area contributed by atoms with Crippen LogP contribution in [0.4, 0.5) is 39.7 Å². The predicted octanol–water partition coefficient (Wildman–Crippen LogP) is 6.12. The van der Waals surface area contributed by atoms with Crippen molar-refractivity contribution in [3.05, 3.63) is 46.7 Å². The number of hydrogen-bond acceptors (Lipinski definition) is 10. The second-order valence-electron chi connectivity index (χ2n) is 12.0. The molecule has 2 aromatic heterocycles. The van der Waals surface area contributed by atoms with Gasteiger partial charge in [0.05, 0.1) is 27.9 Å². The maximum absolute atomic E-state index is 15.1. The molecule has 1 saturated heterocycles. The second kappa shape index (κ2) is 10.6. The Labute approximate surface area is 254 Å². The van der Waals surface area contributed by atoms with E-state index in [1.54, 1.807) is 26.8 Å². The number of alkyl halides is 3. The van der Waals surface area contributed by atoms with Gasteiger partial charge in [0.25, 0.3) is 5.91 Å². The largest absolute Gasteiger partial charge is 0.573 e. The second-order valence-corrected chi connectivity index (χ2v) is 13.1. The van der Waals surface area contributed by atoms with E-state index in [4.69, 9.17) is 4.74 Å². The van der Waals surface area contributed by atoms with Crippen molar-refractivity contribution in [2.24, 2.45) is 0 Å². The molecule has 1 spiro atoms. The number of piperazine rings is 1. The van der Waals surface area contributed by atoms with Crippen LogP contribution >= 0.6 is 11.3 Å². The van der Waals surface area contributed by atoms with Gasteiger partial charge in [-0.2, -0.15) is 0 Å². The zero-order valence-corrected chi connectivity index (χ0v) is 25.2. The van der Waals surface area contributed by atoms with Crippen LogP contribution in [0.3, 0.4) is 0 Å². The molecule has 234 valence electrons. The quantitative estimate of drug-likeness (QED) is 0.333. The van der Waals surface area contributed by atoms with Gasteiger partial charge in [-0.05, 0) is 64.9 Å². The Morgan fingerprint density at radius 3 is 2.43 bits per heavy atom. The zero-order valence-electron chi connectivity index (χ0n) is 24.4. The molecular formula is C29H30F4N6O4S. The summed E-state index contributed by atoms with van der Waals surface area (Å²) in [4.78, 5) is 40.7. The van der Waals surface area contributed by atoms with Crippen LogP contribution in [0.2, 0.25) is 0 Å². The minimum atomic E-state index is -4.95. The molecule has 0 unspecified atom stereocenters. The number of thiophene rings is 1. The van der Waals surface area contributed by atoms with E-state index in [2.05, 4.69) is 24.9 Å². The maximum atomic E-state index is 15.1. The molecule has 4 heterocycles. The van der Waals surface area contributed by atoms with Gasteiger partial charge in [0, 0.05) is 36.7 Å². The van der Waals surface area contributed by atoms with Crippen LogP contribution in [0.15, 0.2) is 30.5 Å². The molecule has 44 heavy (non-hydrogen) atoms. The molecule has 1 aromatic carbocycles. The van der Waals surface area contributed by atoms with Crippen LogP contribution in [0.25, 0.3) is 10.6 Å². The van der Waals surface area contributed by atoms with Gasteiger partial charge in [0.2, 0.25) is 5.95 Å². The van der Waals surface area contributed by atoms with Crippen LogP contribution in [-0.2, 0) is 10.3 Å². The SMILES string of the molecule is CN1CCN(c2ccc(OC(F)(F)F)c(Nc3ncc(F)c(-c4cc5c(s4)C4(CC4)N(C(=O)OC(C)(C)C)C5=O)n3)c2)CC1. The number of likely N-dealkylation sites (N-methyl/N-ethyl adjacent to an activating group) is 1. The molecule has 3 aromatic rings. The minimum absolute atomic E-state index is 0.0508. The summed E-state index contributed by atoms with van der Waals surface area (Å²) in [6, 6.07) is 5.76. The number of nitrogens with one attached hydrogen (secondary N) is 1. The van der Waals surface area contributed by atoms with Crippen molar-refractivity contribution in [2.45, 2.75) is 51.1 Å². The fourth-order valence-electron chi connectivity index (χ4n) is 5.37. The summed E-state index contributed by atoms with van der Waals surface area (Å²) in [6.07, 6.45) is -3.67. The number of carbonyl (C=O) groups excluding carboxylic acids is 2. The lowest BCUT2D eigenvalue weighted by atomic mass is 10.2. The van der Waals surface area contributed by atoms with E-state index in [-0.39, 0.29) is 22.9 Å². The lowest BCUT2D eigenvalue weighted by Gasteiger charge is -2.34. The highest BCUT2D eigenvalue weighted by Crippen LogP contribution is 2.60. The van der Waals surface area contributed by atoms with E-state index in [0.29, 0.717) is 41.4 Å². The van der Waals surface area contributed by atoms with Crippen LogP contribution < -0.4 is 15.0 Å². The molecular weight excluding hydrogens is 604 g/mol. The molecule has 2 amide bonds. The van der Waals surface area contributed by atoms with E-state index >= 15 is 4.39 Å². The Balaban J connectivity index is 1.30. The highest BCUT2D eigenvalue weighted by Gasteiger charge is 2.62. The highest BCUT2D eigenvalue weighted by molar-refractivity contribution is 7.16. The van der Waals surface area contributed by atoms with Crippen molar-refractivity contribution in [3.8, 4) is 16.3 Å². The molecule has 1 N–H and O–H groups in total. The number of aromatic nitrogens is 2. The number of carbonyl (C=O) groups is 2. The number of anilines is 3. The average Bonchev–Trinajstić information content (AvgIpc) is 3.52. The molecule has 2 fully saturated rings. The molecule has 6 rings (SSSR count). The van der Waals surface area contributed by atoms with Crippen LogP contribution in [0.1, 0.15) is 48.8 Å². The molecule has 3 aliphatic rings. The van der Waals surface area contributed by atoms with E-state index in [0.717, 1.165) is 35.5 Å². The van der Waals surface area contributed by atoms with Gasteiger partial charge in [-0.15, -0.1) is 24.5 Å². The van der Waals surface area contributed by atoms with Crippen molar-refractivity contribution in [1.82, 2.24) is 19.8 Å². The number of hydrogen-bond donors (Lipinski definition) is 1. The van der Waals surface area contributed by atoms with Crippen molar-refractivity contribution >= 4 is 40.7 Å². The number of nitrogens with zero attached hydrogens (tertiary/aromatic N) is 5. The number of benzene rings is 1. The third-order valence-corrected chi connectivity index (χ3v) is 8.93. The predicted molar refractivity (Wildman–Crippen MR) is 155 cm³/mol. The Bertz CT molecular complexity index is 1630. The van der Waals surface area contributed by atoms with Gasteiger partial charge in [-0.3, -0.25) is 4.79 Å². The van der Waals surface area contributed by atoms with Crippen LogP contribution in [0, 0.1) is 5.82 Å². The third kappa shape index (κ3) is 5.77. The molecule has 0 bridgehead atoms. The monoisotopic (exact) mass is 634 g/mol. The zero-order chi connectivity index (χ0) is 31.6. The number of imide groups is 1. The normalized spacial score (nSPS) is 18.0. The van der Waals surface area contributed by atoms with E-state index in [9.17, 15) is 22.8 Å². The average molecular weight is 635 g/mol.